The van der Waals surface area contributed by atoms with Crippen molar-refractivity contribution in [3.63, 3.8) is 0 Å². The number of benzene rings is 1. The molecule has 3 N–H and O–H groups in total. The molecule has 1 aromatic carbocycles. The van der Waals surface area contributed by atoms with Gasteiger partial charge in [0, 0.05) is 43.3 Å². The summed E-state index contributed by atoms with van der Waals surface area (Å²) in [6.45, 7) is 2.59. The van der Waals surface area contributed by atoms with Gasteiger partial charge < -0.3 is 15.4 Å². The molecule has 206 valence electrons. The zero-order valence-electron chi connectivity index (χ0n) is 21.6. The number of anilines is 1. The molecular weight excluding hydrogens is 545 g/mol. The zero-order chi connectivity index (χ0) is 28.0. The van der Waals surface area contributed by atoms with Crippen molar-refractivity contribution in [2.45, 2.75) is 30.2 Å². The van der Waals surface area contributed by atoms with Gasteiger partial charge in [0.25, 0.3) is 5.91 Å². The SMILES string of the molecule is COc1ccc(C(=O)Nc2ccc(F)c([C@@]3(C)NC(=N)N(C)S(=O)(=O)[C@]34CCN(Cc3cscn3)C4)c2)nc1. The number of hydrogen-bond donors (Lipinski definition) is 3. The monoisotopic (exact) mass is 573 g/mol. The maximum atomic E-state index is 15.6. The number of likely N-dealkylation sites (tertiary alicyclic amines) is 1. The minimum Gasteiger partial charge on any atom is -0.495 e. The van der Waals surface area contributed by atoms with Crippen LogP contribution < -0.4 is 15.4 Å². The Hall–Kier alpha value is -3.62. The Morgan fingerprint density at radius 1 is 1.31 bits per heavy atom. The van der Waals surface area contributed by atoms with Gasteiger partial charge in [-0.15, -0.1) is 11.3 Å². The number of ether oxygens (including phenoxy) is 1. The highest BCUT2D eigenvalue weighted by Gasteiger charge is 2.66. The van der Waals surface area contributed by atoms with Crippen molar-refractivity contribution in [2.75, 3.05) is 32.6 Å². The molecule has 1 spiro atoms. The summed E-state index contributed by atoms with van der Waals surface area (Å²) in [6.07, 6.45) is 1.61. The van der Waals surface area contributed by atoms with Gasteiger partial charge in [0.1, 0.15) is 22.0 Å². The van der Waals surface area contributed by atoms with Crippen LogP contribution in [0.5, 0.6) is 5.75 Å². The number of rotatable bonds is 6. The number of hydrogen-bond acceptors (Lipinski definition) is 9. The summed E-state index contributed by atoms with van der Waals surface area (Å²) in [5, 5.41) is 16.0. The average Bonchev–Trinajstić information content (AvgIpc) is 3.60. The third-order valence-corrected chi connectivity index (χ3v) is 10.9. The van der Waals surface area contributed by atoms with E-state index in [1.165, 1.54) is 56.0 Å². The summed E-state index contributed by atoms with van der Waals surface area (Å²) in [4.78, 5) is 23.2. The van der Waals surface area contributed by atoms with E-state index in [0.717, 1.165) is 10.00 Å². The second-order valence-corrected chi connectivity index (χ2v) is 12.7. The lowest BCUT2D eigenvalue weighted by atomic mass is 9.77. The molecule has 0 bridgehead atoms. The third kappa shape index (κ3) is 4.41. The van der Waals surface area contributed by atoms with Crippen LogP contribution in [-0.2, 0) is 22.1 Å². The second kappa shape index (κ2) is 9.84. The van der Waals surface area contributed by atoms with E-state index < -0.39 is 32.0 Å². The number of carbonyl (C=O) groups is 1. The smallest absolute Gasteiger partial charge is 0.274 e. The van der Waals surface area contributed by atoms with Gasteiger partial charge in [0.2, 0.25) is 16.0 Å². The molecule has 2 aliphatic rings. The number of pyridine rings is 1. The molecule has 39 heavy (non-hydrogen) atoms. The second-order valence-electron chi connectivity index (χ2n) is 9.74. The highest BCUT2D eigenvalue weighted by Crippen LogP contribution is 2.49. The van der Waals surface area contributed by atoms with E-state index in [1.807, 2.05) is 10.3 Å². The number of carbonyl (C=O) groups excluding carboxylic acids is 1. The Labute approximate surface area is 229 Å². The molecule has 2 aliphatic heterocycles. The minimum atomic E-state index is -4.11. The summed E-state index contributed by atoms with van der Waals surface area (Å²) >= 11 is 1.46. The molecule has 5 rings (SSSR count). The molecule has 1 amide bonds. The largest absolute Gasteiger partial charge is 0.495 e. The van der Waals surface area contributed by atoms with Crippen LogP contribution in [0, 0.1) is 11.2 Å². The number of methoxy groups -OCH3 is 1. The quantitative estimate of drug-likeness (QED) is 0.409. The molecule has 4 heterocycles. The van der Waals surface area contributed by atoms with Crippen LogP contribution in [0.3, 0.4) is 0 Å². The summed E-state index contributed by atoms with van der Waals surface area (Å²) in [5.41, 5.74) is 1.42. The van der Waals surface area contributed by atoms with Crippen LogP contribution in [0.2, 0.25) is 0 Å². The molecule has 11 nitrogen and oxygen atoms in total. The molecule has 3 aromatic rings. The number of halogens is 1. The Kier molecular flexibility index (Phi) is 6.81. The van der Waals surface area contributed by atoms with Crippen LogP contribution in [0.15, 0.2) is 47.4 Å². The average molecular weight is 574 g/mol. The summed E-state index contributed by atoms with van der Waals surface area (Å²) < 4.78 is 48.0. The fraction of sp³-hybridized carbons (Fsp3) is 0.360. The van der Waals surface area contributed by atoms with Gasteiger partial charge in [0.05, 0.1) is 30.1 Å². The first kappa shape index (κ1) is 27.0. The first-order valence-corrected chi connectivity index (χ1v) is 14.4. The number of thiazole rings is 1. The van der Waals surface area contributed by atoms with Gasteiger partial charge in [-0.1, -0.05) is 0 Å². The van der Waals surface area contributed by atoms with Crippen LogP contribution in [0.1, 0.15) is 35.1 Å². The van der Waals surface area contributed by atoms with Crippen molar-refractivity contribution in [1.29, 1.82) is 5.41 Å². The normalized spacial score (nSPS) is 24.5. The number of aromatic nitrogens is 2. The summed E-state index contributed by atoms with van der Waals surface area (Å²) in [6, 6.07) is 7.09. The topological polar surface area (TPSA) is 141 Å². The van der Waals surface area contributed by atoms with E-state index in [1.54, 1.807) is 18.5 Å². The van der Waals surface area contributed by atoms with E-state index in [0.29, 0.717) is 18.8 Å². The van der Waals surface area contributed by atoms with Gasteiger partial charge in [-0.05, 0) is 43.7 Å². The Bertz CT molecular complexity index is 1520. The molecule has 2 saturated heterocycles. The van der Waals surface area contributed by atoms with Crippen LogP contribution in [0.25, 0.3) is 0 Å². The van der Waals surface area contributed by atoms with Crippen molar-refractivity contribution < 1.29 is 22.3 Å². The molecule has 2 atom stereocenters. The van der Waals surface area contributed by atoms with Crippen molar-refractivity contribution in [3.8, 4) is 5.75 Å². The van der Waals surface area contributed by atoms with E-state index in [-0.39, 0.29) is 35.9 Å². The lowest BCUT2D eigenvalue weighted by Crippen LogP contribution is -2.74. The third-order valence-electron chi connectivity index (χ3n) is 7.60. The van der Waals surface area contributed by atoms with Crippen molar-refractivity contribution in [2.24, 2.45) is 0 Å². The van der Waals surface area contributed by atoms with Crippen LogP contribution >= 0.6 is 11.3 Å². The van der Waals surface area contributed by atoms with E-state index in [4.69, 9.17) is 10.1 Å². The number of sulfonamides is 1. The maximum absolute atomic E-state index is 15.6. The van der Waals surface area contributed by atoms with Gasteiger partial charge in [0.15, 0.2) is 0 Å². The van der Waals surface area contributed by atoms with Gasteiger partial charge in [-0.3, -0.25) is 15.1 Å². The molecule has 0 unspecified atom stereocenters. The number of nitrogens with zero attached hydrogens (tertiary/aromatic N) is 4. The van der Waals surface area contributed by atoms with Crippen LogP contribution in [-0.4, -0.2) is 71.5 Å². The lowest BCUT2D eigenvalue weighted by molar-refractivity contribution is 0.102. The van der Waals surface area contributed by atoms with Crippen molar-refractivity contribution in [3.05, 3.63) is 70.2 Å². The first-order chi connectivity index (χ1) is 18.5. The van der Waals surface area contributed by atoms with E-state index in [9.17, 15) is 13.2 Å². The fourth-order valence-corrected chi connectivity index (χ4v) is 8.09. The number of nitrogens with one attached hydrogen (secondary N) is 3. The predicted molar refractivity (Wildman–Crippen MR) is 145 cm³/mol. The number of guanidine groups is 1. The lowest BCUT2D eigenvalue weighted by Gasteiger charge is -2.52. The minimum absolute atomic E-state index is 0.0277. The Morgan fingerprint density at radius 2 is 2.10 bits per heavy atom. The molecule has 2 aromatic heterocycles. The molecular formula is C25H28FN7O4S2. The molecule has 14 heteroatoms. The summed E-state index contributed by atoms with van der Waals surface area (Å²) in [5.74, 6) is -1.05. The highest BCUT2D eigenvalue weighted by molar-refractivity contribution is 7.91. The first-order valence-electron chi connectivity index (χ1n) is 12.1. The van der Waals surface area contributed by atoms with Crippen molar-refractivity contribution >= 4 is 38.9 Å². The Balaban J connectivity index is 1.53. The molecule has 0 aliphatic carbocycles. The molecule has 2 fully saturated rings. The maximum Gasteiger partial charge on any atom is 0.274 e. The van der Waals surface area contributed by atoms with Crippen LogP contribution in [0.4, 0.5) is 10.1 Å². The van der Waals surface area contributed by atoms with Gasteiger partial charge >= 0.3 is 0 Å². The molecule has 0 radical (unpaired) electrons. The number of amides is 1. The highest BCUT2D eigenvalue weighted by atomic mass is 32.2. The standard InChI is InChI=1S/C25H28FN7O4S2/c1-24(19-10-16(4-6-20(19)26)30-22(34)21-7-5-18(37-3)11-28-21)25(39(35,36)32(2)23(27)31-24)8-9-33(14-25)12-17-13-38-15-29-17/h4-7,10-11,13,15H,8-9,12,14H2,1-3H3,(H2,27,31)(H,30,34)/t24-,25+/m1/s1. The van der Waals surface area contributed by atoms with E-state index in [2.05, 4.69) is 20.6 Å². The van der Waals surface area contributed by atoms with E-state index >= 15 is 4.39 Å². The molecule has 0 saturated carbocycles. The zero-order valence-corrected chi connectivity index (χ0v) is 23.2. The van der Waals surface area contributed by atoms with Gasteiger partial charge in [-0.25, -0.2) is 27.1 Å². The van der Waals surface area contributed by atoms with Gasteiger partial charge in [-0.2, -0.15) is 0 Å². The fourth-order valence-electron chi connectivity index (χ4n) is 5.36. The Morgan fingerprint density at radius 3 is 2.77 bits per heavy atom. The summed E-state index contributed by atoms with van der Waals surface area (Å²) in [7, 11) is -1.30. The van der Waals surface area contributed by atoms with Crippen molar-refractivity contribution in [1.82, 2.24) is 24.5 Å². The predicted octanol–water partition coefficient (Wildman–Crippen LogP) is 2.60.